The lowest BCUT2D eigenvalue weighted by Crippen LogP contribution is -2.02. The summed E-state index contributed by atoms with van der Waals surface area (Å²) in [4.78, 5) is 0. The zero-order valence-corrected chi connectivity index (χ0v) is 12.6. The molecule has 0 aromatic heterocycles. The Hall–Kier alpha value is -1.80. The largest absolute Gasteiger partial charge is 0.489 e. The fourth-order valence-electron chi connectivity index (χ4n) is 2.46. The molecule has 0 aliphatic rings. The van der Waals surface area contributed by atoms with Gasteiger partial charge in [-0.3, -0.25) is 0 Å². The van der Waals surface area contributed by atoms with Gasteiger partial charge in [0.25, 0.3) is 0 Å². The molecule has 0 fully saturated rings. The molecule has 2 heteroatoms. The molecule has 0 unspecified atom stereocenters. The van der Waals surface area contributed by atoms with E-state index in [4.69, 9.17) is 4.74 Å². The smallest absolute Gasteiger partial charge is 0.120 e. The first-order chi connectivity index (χ1) is 9.47. The minimum Gasteiger partial charge on any atom is -0.489 e. The van der Waals surface area contributed by atoms with E-state index < -0.39 is 6.10 Å². The zero-order valence-electron chi connectivity index (χ0n) is 12.6. The molecule has 1 N–H and O–H groups in total. The van der Waals surface area contributed by atoms with Crippen LogP contribution in [0.1, 0.15) is 40.8 Å². The third-order valence-electron chi connectivity index (χ3n) is 3.56. The van der Waals surface area contributed by atoms with Crippen LogP contribution in [0.4, 0.5) is 0 Å². The second-order valence-electron chi connectivity index (χ2n) is 5.41. The molecular weight excluding hydrogens is 248 g/mol. The van der Waals surface area contributed by atoms with Crippen LogP contribution in [0.25, 0.3) is 0 Å². The number of benzene rings is 2. The first-order valence-electron chi connectivity index (χ1n) is 6.95. The average molecular weight is 270 g/mol. The molecule has 0 radical (unpaired) electrons. The summed E-state index contributed by atoms with van der Waals surface area (Å²) in [5.74, 6) is 0.794. The van der Waals surface area contributed by atoms with Gasteiger partial charge in [0.1, 0.15) is 12.4 Å². The van der Waals surface area contributed by atoms with Crippen LogP contribution in [0.3, 0.4) is 0 Å². The van der Waals surface area contributed by atoms with Crippen LogP contribution in [0.15, 0.2) is 36.4 Å². The molecule has 0 aliphatic carbocycles. The lowest BCUT2D eigenvalue weighted by Gasteiger charge is -2.14. The third kappa shape index (κ3) is 3.40. The molecule has 2 aromatic carbocycles. The first-order valence-corrected chi connectivity index (χ1v) is 6.95. The molecule has 0 aliphatic heterocycles. The van der Waals surface area contributed by atoms with Crippen molar-refractivity contribution in [2.45, 2.75) is 40.4 Å². The third-order valence-corrected chi connectivity index (χ3v) is 3.56. The van der Waals surface area contributed by atoms with Gasteiger partial charge < -0.3 is 9.84 Å². The highest BCUT2D eigenvalue weighted by atomic mass is 16.5. The molecule has 0 heterocycles. The topological polar surface area (TPSA) is 29.5 Å². The van der Waals surface area contributed by atoms with Crippen LogP contribution in [0, 0.1) is 20.8 Å². The van der Waals surface area contributed by atoms with Crippen LogP contribution in [-0.2, 0) is 6.61 Å². The molecule has 0 saturated heterocycles. The number of rotatable bonds is 4. The minimum absolute atomic E-state index is 0.471. The molecule has 0 spiro atoms. The van der Waals surface area contributed by atoms with Crippen LogP contribution in [0.5, 0.6) is 5.75 Å². The summed E-state index contributed by atoms with van der Waals surface area (Å²) in [6, 6.07) is 12.0. The van der Waals surface area contributed by atoms with E-state index in [1.54, 1.807) is 6.92 Å². The molecule has 0 saturated carbocycles. The summed E-state index contributed by atoms with van der Waals surface area (Å²) in [5, 5.41) is 9.60. The molecule has 2 aromatic rings. The quantitative estimate of drug-likeness (QED) is 0.900. The van der Waals surface area contributed by atoms with Crippen molar-refractivity contribution in [1.29, 1.82) is 0 Å². The Bertz CT molecular complexity index is 577. The predicted molar refractivity (Wildman–Crippen MR) is 82.1 cm³/mol. The highest BCUT2D eigenvalue weighted by Crippen LogP contribution is 2.22. The van der Waals surface area contributed by atoms with Crippen molar-refractivity contribution in [3.05, 3.63) is 64.2 Å². The second kappa shape index (κ2) is 6.10. The predicted octanol–water partition coefficient (Wildman–Crippen LogP) is 4.24. The van der Waals surface area contributed by atoms with Gasteiger partial charge in [0, 0.05) is 0 Å². The van der Waals surface area contributed by atoms with E-state index in [0.717, 1.165) is 11.3 Å². The number of aliphatic hydroxyl groups is 1. The Balaban J connectivity index is 2.15. The molecule has 2 rings (SSSR count). The maximum Gasteiger partial charge on any atom is 0.120 e. The summed E-state index contributed by atoms with van der Waals surface area (Å²) in [6.45, 7) is 8.65. The highest BCUT2D eigenvalue weighted by Gasteiger charge is 2.06. The summed E-state index contributed by atoms with van der Waals surface area (Å²) < 4.78 is 5.87. The minimum atomic E-state index is -0.471. The second-order valence-corrected chi connectivity index (χ2v) is 5.41. The number of aliphatic hydroxyl groups excluding tert-OH is 1. The van der Waals surface area contributed by atoms with Crippen molar-refractivity contribution < 1.29 is 9.84 Å². The number of aryl methyl sites for hydroxylation is 3. The van der Waals surface area contributed by atoms with Gasteiger partial charge in [-0.05, 0) is 62.1 Å². The van der Waals surface area contributed by atoms with E-state index in [-0.39, 0.29) is 0 Å². The van der Waals surface area contributed by atoms with E-state index in [0.29, 0.717) is 6.61 Å². The molecule has 1 atom stereocenters. The first kappa shape index (κ1) is 14.6. The Kier molecular flexibility index (Phi) is 4.46. The van der Waals surface area contributed by atoms with Crippen molar-refractivity contribution in [3.8, 4) is 5.75 Å². The molecular formula is C18H22O2. The van der Waals surface area contributed by atoms with Crippen molar-refractivity contribution in [3.63, 3.8) is 0 Å². The maximum absolute atomic E-state index is 9.60. The van der Waals surface area contributed by atoms with Gasteiger partial charge in [-0.25, -0.2) is 0 Å². The Morgan fingerprint density at radius 1 is 1.05 bits per heavy atom. The average Bonchev–Trinajstić information content (AvgIpc) is 2.37. The molecule has 0 bridgehead atoms. The molecule has 106 valence electrons. The van der Waals surface area contributed by atoms with Gasteiger partial charge in [-0.2, -0.15) is 0 Å². The SMILES string of the molecule is Cc1cc(C)c(COc2cccc([C@H](C)O)c2)c(C)c1. The van der Waals surface area contributed by atoms with E-state index >= 15 is 0 Å². The fraction of sp³-hybridized carbons (Fsp3) is 0.333. The summed E-state index contributed by atoms with van der Waals surface area (Å²) >= 11 is 0. The molecule has 2 nitrogen and oxygen atoms in total. The number of ether oxygens (including phenoxy) is 1. The van der Waals surface area contributed by atoms with Crippen molar-refractivity contribution >= 4 is 0 Å². The van der Waals surface area contributed by atoms with Crippen LogP contribution in [0.2, 0.25) is 0 Å². The summed E-state index contributed by atoms with van der Waals surface area (Å²) in [5.41, 5.74) is 5.90. The van der Waals surface area contributed by atoms with E-state index in [1.165, 1.54) is 22.3 Å². The van der Waals surface area contributed by atoms with Crippen molar-refractivity contribution in [2.75, 3.05) is 0 Å². The molecule has 0 amide bonds. The van der Waals surface area contributed by atoms with E-state index in [9.17, 15) is 5.11 Å². The van der Waals surface area contributed by atoms with Crippen LogP contribution >= 0.6 is 0 Å². The number of hydrogen-bond acceptors (Lipinski definition) is 2. The van der Waals surface area contributed by atoms with Crippen LogP contribution in [-0.4, -0.2) is 5.11 Å². The van der Waals surface area contributed by atoms with E-state index in [1.807, 2.05) is 24.3 Å². The lowest BCUT2D eigenvalue weighted by molar-refractivity contribution is 0.198. The van der Waals surface area contributed by atoms with Gasteiger partial charge in [-0.1, -0.05) is 29.8 Å². The van der Waals surface area contributed by atoms with Crippen LogP contribution < -0.4 is 4.74 Å². The molecule has 20 heavy (non-hydrogen) atoms. The Labute approximate surface area is 121 Å². The normalized spacial score (nSPS) is 12.2. The van der Waals surface area contributed by atoms with Crippen molar-refractivity contribution in [1.82, 2.24) is 0 Å². The van der Waals surface area contributed by atoms with Gasteiger partial charge >= 0.3 is 0 Å². The van der Waals surface area contributed by atoms with Crippen molar-refractivity contribution in [2.24, 2.45) is 0 Å². The summed E-state index contributed by atoms with van der Waals surface area (Å²) in [6.07, 6.45) is -0.471. The van der Waals surface area contributed by atoms with Gasteiger partial charge in [0.15, 0.2) is 0 Å². The zero-order chi connectivity index (χ0) is 14.7. The van der Waals surface area contributed by atoms with Gasteiger partial charge in [0.2, 0.25) is 0 Å². The highest BCUT2D eigenvalue weighted by molar-refractivity contribution is 5.37. The van der Waals surface area contributed by atoms with Gasteiger partial charge in [0.05, 0.1) is 6.10 Å². The Morgan fingerprint density at radius 2 is 1.70 bits per heavy atom. The van der Waals surface area contributed by atoms with E-state index in [2.05, 4.69) is 32.9 Å². The fourth-order valence-corrected chi connectivity index (χ4v) is 2.46. The lowest BCUT2D eigenvalue weighted by atomic mass is 10.0. The Morgan fingerprint density at radius 3 is 2.30 bits per heavy atom. The van der Waals surface area contributed by atoms with Gasteiger partial charge in [-0.15, -0.1) is 0 Å². The summed E-state index contributed by atoms with van der Waals surface area (Å²) in [7, 11) is 0. The standard InChI is InChI=1S/C18H22O2/c1-12-8-13(2)18(14(3)9-12)11-20-17-7-5-6-16(10-17)15(4)19/h5-10,15,19H,11H2,1-4H3/t15-/m0/s1. The monoisotopic (exact) mass is 270 g/mol. The number of hydrogen-bond donors (Lipinski definition) is 1. The maximum atomic E-state index is 9.60.